The van der Waals surface area contributed by atoms with Gasteiger partial charge in [-0.25, -0.2) is 4.68 Å². The molecule has 0 saturated heterocycles. The standard InChI is InChI=1S/C21H22BrN4/c1-15-4-2-7-20(15)23-19-6-3-5-17(12-19)21-14-26(25-24-21)13-16-8-10-18(22)11-9-16/h3-6,8-12,14-15,20,23H,2,7,13H2,1H3. The first-order valence-corrected chi connectivity index (χ1v) is 9.81. The number of anilines is 1. The van der Waals surface area contributed by atoms with Crippen LogP contribution in [0.15, 0.2) is 59.2 Å². The molecule has 1 N–H and O–H groups in total. The number of nitrogens with zero attached hydrogens (tertiary/aromatic N) is 3. The molecule has 1 fully saturated rings. The van der Waals surface area contributed by atoms with E-state index in [4.69, 9.17) is 0 Å². The molecule has 133 valence electrons. The lowest BCUT2D eigenvalue weighted by Gasteiger charge is -2.18. The van der Waals surface area contributed by atoms with Crippen molar-refractivity contribution in [1.82, 2.24) is 15.0 Å². The van der Waals surface area contributed by atoms with E-state index in [9.17, 15) is 0 Å². The Bertz CT molecular complexity index is 872. The van der Waals surface area contributed by atoms with Gasteiger partial charge in [0.2, 0.25) is 0 Å². The van der Waals surface area contributed by atoms with Gasteiger partial charge in [0.05, 0.1) is 12.7 Å². The summed E-state index contributed by atoms with van der Waals surface area (Å²) in [6, 6.07) is 17.3. The summed E-state index contributed by atoms with van der Waals surface area (Å²) >= 11 is 3.46. The Morgan fingerprint density at radius 3 is 2.81 bits per heavy atom. The molecule has 1 aliphatic rings. The van der Waals surface area contributed by atoms with Gasteiger partial charge in [0, 0.05) is 21.8 Å². The third-order valence-corrected chi connectivity index (χ3v) is 5.49. The van der Waals surface area contributed by atoms with Gasteiger partial charge in [0.15, 0.2) is 0 Å². The van der Waals surface area contributed by atoms with Crippen LogP contribution in [0.3, 0.4) is 0 Å². The fraction of sp³-hybridized carbons (Fsp3) is 0.286. The zero-order chi connectivity index (χ0) is 17.9. The molecular weight excluding hydrogens is 388 g/mol. The number of hydrogen-bond donors (Lipinski definition) is 1. The molecule has 1 radical (unpaired) electrons. The quantitative estimate of drug-likeness (QED) is 0.631. The summed E-state index contributed by atoms with van der Waals surface area (Å²) < 4.78 is 2.96. The molecule has 0 bridgehead atoms. The Labute approximate surface area is 162 Å². The maximum Gasteiger partial charge on any atom is 0.113 e. The van der Waals surface area contributed by atoms with E-state index in [1.807, 2.05) is 23.0 Å². The molecule has 5 heteroatoms. The van der Waals surface area contributed by atoms with Crippen molar-refractivity contribution < 1.29 is 0 Å². The minimum absolute atomic E-state index is 0.526. The van der Waals surface area contributed by atoms with Crippen LogP contribution in [0.4, 0.5) is 5.69 Å². The zero-order valence-electron chi connectivity index (χ0n) is 14.8. The summed E-state index contributed by atoms with van der Waals surface area (Å²) in [5, 5.41) is 12.3. The molecule has 0 aliphatic heterocycles. The number of benzene rings is 2. The van der Waals surface area contributed by atoms with Gasteiger partial charge in [-0.05, 0) is 55.0 Å². The molecule has 1 heterocycles. The van der Waals surface area contributed by atoms with Crippen molar-refractivity contribution in [3.05, 3.63) is 71.2 Å². The summed E-state index contributed by atoms with van der Waals surface area (Å²) in [4.78, 5) is 0. The molecule has 3 aromatic rings. The molecule has 4 rings (SSSR count). The van der Waals surface area contributed by atoms with Crippen LogP contribution < -0.4 is 5.32 Å². The first-order chi connectivity index (χ1) is 12.7. The minimum Gasteiger partial charge on any atom is -0.382 e. The van der Waals surface area contributed by atoms with Crippen LogP contribution in [-0.4, -0.2) is 21.0 Å². The van der Waals surface area contributed by atoms with Gasteiger partial charge in [-0.1, -0.05) is 52.3 Å². The second-order valence-corrected chi connectivity index (χ2v) is 7.85. The van der Waals surface area contributed by atoms with Gasteiger partial charge in [0.1, 0.15) is 5.69 Å². The Hall–Kier alpha value is -2.14. The van der Waals surface area contributed by atoms with Gasteiger partial charge < -0.3 is 5.32 Å². The maximum atomic E-state index is 4.36. The largest absolute Gasteiger partial charge is 0.382 e. The van der Waals surface area contributed by atoms with E-state index in [0.29, 0.717) is 18.5 Å². The van der Waals surface area contributed by atoms with Crippen LogP contribution in [0.1, 0.15) is 25.3 Å². The highest BCUT2D eigenvalue weighted by Crippen LogP contribution is 2.28. The highest BCUT2D eigenvalue weighted by atomic mass is 79.9. The number of aromatic nitrogens is 3. The summed E-state index contributed by atoms with van der Waals surface area (Å²) in [7, 11) is 0. The molecule has 26 heavy (non-hydrogen) atoms. The van der Waals surface area contributed by atoms with E-state index in [-0.39, 0.29) is 0 Å². The predicted octanol–water partition coefficient (Wildman–Crippen LogP) is 5.17. The second-order valence-electron chi connectivity index (χ2n) is 6.93. The molecule has 0 spiro atoms. The third-order valence-electron chi connectivity index (χ3n) is 4.96. The molecule has 2 aromatic carbocycles. The van der Waals surface area contributed by atoms with E-state index in [2.05, 4.69) is 81.3 Å². The van der Waals surface area contributed by atoms with Crippen molar-refractivity contribution in [2.24, 2.45) is 5.92 Å². The highest BCUT2D eigenvalue weighted by molar-refractivity contribution is 9.10. The molecule has 2 atom stereocenters. The maximum absolute atomic E-state index is 4.36. The normalized spacial score (nSPS) is 19.6. The fourth-order valence-electron chi connectivity index (χ4n) is 3.44. The van der Waals surface area contributed by atoms with Crippen LogP contribution in [0.25, 0.3) is 11.3 Å². The van der Waals surface area contributed by atoms with Crippen molar-refractivity contribution >= 4 is 21.6 Å². The number of nitrogens with one attached hydrogen (secondary N) is 1. The van der Waals surface area contributed by atoms with Crippen LogP contribution in [0, 0.1) is 12.3 Å². The van der Waals surface area contributed by atoms with Gasteiger partial charge in [-0.15, -0.1) is 5.10 Å². The first kappa shape index (κ1) is 17.3. The SMILES string of the molecule is CC1[CH]CCC1Nc1cccc(-c2cn(Cc3ccc(Br)cc3)nn2)c1. The van der Waals surface area contributed by atoms with Crippen LogP contribution in [-0.2, 0) is 6.54 Å². The summed E-state index contributed by atoms with van der Waals surface area (Å²) in [5.41, 5.74) is 4.34. The Balaban J connectivity index is 1.48. The predicted molar refractivity (Wildman–Crippen MR) is 109 cm³/mol. The van der Waals surface area contributed by atoms with Gasteiger partial charge in [0.25, 0.3) is 0 Å². The summed E-state index contributed by atoms with van der Waals surface area (Å²) in [6.07, 6.45) is 6.81. The van der Waals surface area contributed by atoms with E-state index in [1.54, 1.807) is 0 Å². The van der Waals surface area contributed by atoms with E-state index < -0.39 is 0 Å². The van der Waals surface area contributed by atoms with Crippen molar-refractivity contribution in [1.29, 1.82) is 0 Å². The molecule has 1 aliphatic carbocycles. The Kier molecular flexibility index (Phi) is 5.07. The third kappa shape index (κ3) is 3.98. The zero-order valence-corrected chi connectivity index (χ0v) is 16.4. The Morgan fingerprint density at radius 1 is 1.19 bits per heavy atom. The van der Waals surface area contributed by atoms with Crippen LogP contribution in [0.5, 0.6) is 0 Å². The lowest BCUT2D eigenvalue weighted by molar-refractivity contribution is 0.610. The van der Waals surface area contributed by atoms with Crippen LogP contribution >= 0.6 is 15.9 Å². The molecule has 2 unspecified atom stereocenters. The van der Waals surface area contributed by atoms with E-state index >= 15 is 0 Å². The van der Waals surface area contributed by atoms with Gasteiger partial charge >= 0.3 is 0 Å². The van der Waals surface area contributed by atoms with Crippen molar-refractivity contribution in [3.8, 4) is 11.3 Å². The average Bonchev–Trinajstić information content (AvgIpc) is 3.27. The fourth-order valence-corrected chi connectivity index (χ4v) is 3.70. The van der Waals surface area contributed by atoms with Crippen molar-refractivity contribution in [2.45, 2.75) is 32.4 Å². The molecule has 1 saturated carbocycles. The van der Waals surface area contributed by atoms with Gasteiger partial charge in [-0.2, -0.15) is 0 Å². The second kappa shape index (κ2) is 7.62. The van der Waals surface area contributed by atoms with Crippen molar-refractivity contribution in [2.75, 3.05) is 5.32 Å². The van der Waals surface area contributed by atoms with E-state index in [1.165, 1.54) is 18.4 Å². The number of hydrogen-bond acceptors (Lipinski definition) is 3. The number of rotatable bonds is 5. The molecule has 4 nitrogen and oxygen atoms in total. The molecular formula is C21H22BrN4. The lowest BCUT2D eigenvalue weighted by Crippen LogP contribution is -2.21. The smallest absolute Gasteiger partial charge is 0.113 e. The summed E-state index contributed by atoms with van der Waals surface area (Å²) in [5.74, 6) is 0.616. The van der Waals surface area contributed by atoms with Crippen molar-refractivity contribution in [3.63, 3.8) is 0 Å². The van der Waals surface area contributed by atoms with Gasteiger partial charge in [-0.3, -0.25) is 0 Å². The average molecular weight is 410 g/mol. The highest BCUT2D eigenvalue weighted by Gasteiger charge is 2.23. The van der Waals surface area contributed by atoms with Crippen LogP contribution in [0.2, 0.25) is 0 Å². The monoisotopic (exact) mass is 409 g/mol. The lowest BCUT2D eigenvalue weighted by atomic mass is 10.1. The summed E-state index contributed by atoms with van der Waals surface area (Å²) in [6.45, 7) is 3.00. The Morgan fingerprint density at radius 2 is 2.04 bits per heavy atom. The molecule has 0 amide bonds. The minimum atomic E-state index is 0.526. The van der Waals surface area contributed by atoms with E-state index in [0.717, 1.165) is 21.4 Å². The first-order valence-electron chi connectivity index (χ1n) is 9.02. The number of halogens is 1. The topological polar surface area (TPSA) is 42.7 Å². The molecule has 1 aromatic heterocycles.